The molecule has 2 aromatic rings. The highest BCUT2D eigenvalue weighted by atomic mass is 16.5. The molecular formula is C14H18N4O3. The molecule has 2 rings (SSSR count). The smallest absolute Gasteiger partial charge is 0.342 e. The van der Waals surface area contributed by atoms with Gasteiger partial charge in [0.25, 0.3) is 5.91 Å². The van der Waals surface area contributed by atoms with Crippen LogP contribution in [-0.2, 0) is 11.8 Å². The highest BCUT2D eigenvalue weighted by molar-refractivity contribution is 6.08. The Hall–Kier alpha value is -2.57. The summed E-state index contributed by atoms with van der Waals surface area (Å²) in [7, 11) is 1.76. The van der Waals surface area contributed by atoms with Gasteiger partial charge in [0.15, 0.2) is 0 Å². The molecule has 0 aromatic carbocycles. The van der Waals surface area contributed by atoms with Crippen molar-refractivity contribution in [1.29, 1.82) is 0 Å². The van der Waals surface area contributed by atoms with Crippen LogP contribution in [0.5, 0.6) is 0 Å². The molecule has 2 N–H and O–H groups in total. The van der Waals surface area contributed by atoms with Crippen molar-refractivity contribution < 1.29 is 14.3 Å². The van der Waals surface area contributed by atoms with E-state index in [9.17, 15) is 9.59 Å². The summed E-state index contributed by atoms with van der Waals surface area (Å²) in [5.74, 6) is -0.778. The Bertz CT molecular complexity index is 684. The Labute approximate surface area is 122 Å². The lowest BCUT2D eigenvalue weighted by atomic mass is 10.2. The number of amides is 1. The van der Waals surface area contributed by atoms with E-state index >= 15 is 0 Å². The fourth-order valence-electron chi connectivity index (χ4n) is 2.00. The minimum Gasteiger partial charge on any atom is -0.462 e. The number of nitrogens with one attached hydrogen (secondary N) is 2. The molecule has 0 saturated heterocycles. The molecule has 2 aromatic heterocycles. The van der Waals surface area contributed by atoms with Gasteiger partial charge in [0.1, 0.15) is 5.56 Å². The largest absolute Gasteiger partial charge is 0.462 e. The number of aromatic amines is 1. The van der Waals surface area contributed by atoms with Gasteiger partial charge in [0, 0.05) is 24.6 Å². The van der Waals surface area contributed by atoms with Gasteiger partial charge < -0.3 is 15.0 Å². The van der Waals surface area contributed by atoms with E-state index in [-0.39, 0.29) is 12.5 Å². The molecule has 0 aliphatic carbocycles. The number of H-pyrrole nitrogens is 1. The van der Waals surface area contributed by atoms with Crippen LogP contribution in [0.15, 0.2) is 12.4 Å². The van der Waals surface area contributed by atoms with Crippen LogP contribution in [0, 0.1) is 13.8 Å². The third kappa shape index (κ3) is 2.81. The van der Waals surface area contributed by atoms with Crippen molar-refractivity contribution in [3.63, 3.8) is 0 Å². The Morgan fingerprint density at radius 3 is 2.71 bits per heavy atom. The van der Waals surface area contributed by atoms with Crippen LogP contribution in [-0.4, -0.2) is 33.2 Å². The van der Waals surface area contributed by atoms with E-state index < -0.39 is 5.97 Å². The minimum atomic E-state index is -0.463. The van der Waals surface area contributed by atoms with E-state index in [2.05, 4.69) is 15.4 Å². The first kappa shape index (κ1) is 14.8. The quantitative estimate of drug-likeness (QED) is 0.840. The van der Waals surface area contributed by atoms with Crippen LogP contribution in [0.3, 0.4) is 0 Å². The summed E-state index contributed by atoms with van der Waals surface area (Å²) in [6.45, 7) is 5.56. The number of esters is 1. The molecule has 0 atom stereocenters. The van der Waals surface area contributed by atoms with Gasteiger partial charge in [-0.05, 0) is 20.8 Å². The van der Waals surface area contributed by atoms with Gasteiger partial charge in [0.05, 0.1) is 24.1 Å². The number of carbonyl (C=O) groups excluding carboxylic acids is 2. The van der Waals surface area contributed by atoms with E-state index in [0.717, 1.165) is 5.69 Å². The van der Waals surface area contributed by atoms with Crippen LogP contribution in [0.4, 0.5) is 5.69 Å². The first-order valence-corrected chi connectivity index (χ1v) is 6.60. The van der Waals surface area contributed by atoms with Crippen molar-refractivity contribution in [2.75, 3.05) is 11.9 Å². The second-order valence-electron chi connectivity index (χ2n) is 4.64. The average molecular weight is 290 g/mol. The number of rotatable bonds is 4. The summed E-state index contributed by atoms with van der Waals surface area (Å²) in [4.78, 5) is 27.1. The standard InChI is InChI=1S/C14H18N4O3/c1-5-21-14(20)12-8(2)15-7-11(12)17-13(19)10-6-16-18(4)9(10)3/h6-7,15H,5H2,1-4H3,(H,17,19). The second-order valence-corrected chi connectivity index (χ2v) is 4.64. The zero-order chi connectivity index (χ0) is 15.6. The first-order chi connectivity index (χ1) is 9.95. The lowest BCUT2D eigenvalue weighted by Crippen LogP contribution is -2.16. The number of nitrogens with zero attached hydrogens (tertiary/aromatic N) is 2. The van der Waals surface area contributed by atoms with Gasteiger partial charge in [0.2, 0.25) is 0 Å². The zero-order valence-corrected chi connectivity index (χ0v) is 12.5. The molecule has 0 aliphatic heterocycles. The van der Waals surface area contributed by atoms with E-state index in [0.29, 0.717) is 22.5 Å². The molecule has 0 radical (unpaired) electrons. The summed E-state index contributed by atoms with van der Waals surface area (Å²) in [5.41, 5.74) is 2.60. The molecule has 7 nitrogen and oxygen atoms in total. The molecule has 0 bridgehead atoms. The molecule has 0 saturated carbocycles. The maximum atomic E-state index is 12.3. The monoisotopic (exact) mass is 290 g/mol. The maximum absolute atomic E-state index is 12.3. The SMILES string of the molecule is CCOC(=O)c1c(NC(=O)c2cnn(C)c2C)c[nH]c1C. The van der Waals surface area contributed by atoms with E-state index in [1.54, 1.807) is 38.7 Å². The van der Waals surface area contributed by atoms with Gasteiger partial charge in [-0.3, -0.25) is 9.48 Å². The third-order valence-corrected chi connectivity index (χ3v) is 3.28. The van der Waals surface area contributed by atoms with Crippen molar-refractivity contribution in [2.45, 2.75) is 20.8 Å². The Kier molecular flexibility index (Phi) is 4.11. The van der Waals surface area contributed by atoms with Crippen molar-refractivity contribution in [2.24, 2.45) is 7.05 Å². The van der Waals surface area contributed by atoms with Crippen molar-refractivity contribution in [1.82, 2.24) is 14.8 Å². The highest BCUT2D eigenvalue weighted by Gasteiger charge is 2.21. The molecule has 0 spiro atoms. The van der Waals surface area contributed by atoms with Gasteiger partial charge in [-0.1, -0.05) is 0 Å². The fraction of sp³-hybridized carbons (Fsp3) is 0.357. The van der Waals surface area contributed by atoms with E-state index in [4.69, 9.17) is 4.74 Å². The summed E-state index contributed by atoms with van der Waals surface area (Å²) >= 11 is 0. The Morgan fingerprint density at radius 1 is 1.43 bits per heavy atom. The van der Waals surface area contributed by atoms with Crippen LogP contribution in [0.2, 0.25) is 0 Å². The number of ether oxygens (including phenoxy) is 1. The molecule has 112 valence electrons. The van der Waals surface area contributed by atoms with Crippen LogP contribution >= 0.6 is 0 Å². The summed E-state index contributed by atoms with van der Waals surface area (Å²) < 4.78 is 6.61. The first-order valence-electron chi connectivity index (χ1n) is 6.60. The van der Waals surface area contributed by atoms with Crippen LogP contribution in [0.25, 0.3) is 0 Å². The normalized spacial score (nSPS) is 10.5. The molecule has 7 heteroatoms. The molecule has 0 fully saturated rings. The predicted molar refractivity (Wildman–Crippen MR) is 77.4 cm³/mol. The molecule has 1 amide bonds. The van der Waals surface area contributed by atoms with Crippen LogP contribution < -0.4 is 5.32 Å². The average Bonchev–Trinajstić information content (AvgIpc) is 2.95. The van der Waals surface area contributed by atoms with E-state index in [1.807, 2.05) is 0 Å². The fourth-order valence-corrected chi connectivity index (χ4v) is 2.00. The summed E-state index contributed by atoms with van der Waals surface area (Å²) in [6.07, 6.45) is 3.07. The predicted octanol–water partition coefficient (Wildman–Crippen LogP) is 1.79. The number of hydrogen-bond acceptors (Lipinski definition) is 4. The lowest BCUT2D eigenvalue weighted by Gasteiger charge is -2.07. The Balaban J connectivity index is 2.26. The number of carbonyl (C=O) groups is 2. The second kappa shape index (κ2) is 5.82. The third-order valence-electron chi connectivity index (χ3n) is 3.28. The number of aromatic nitrogens is 3. The zero-order valence-electron chi connectivity index (χ0n) is 12.5. The Morgan fingerprint density at radius 2 is 2.14 bits per heavy atom. The highest BCUT2D eigenvalue weighted by Crippen LogP contribution is 2.21. The van der Waals surface area contributed by atoms with Gasteiger partial charge >= 0.3 is 5.97 Å². The number of aryl methyl sites for hydroxylation is 2. The van der Waals surface area contributed by atoms with E-state index in [1.165, 1.54) is 6.20 Å². The maximum Gasteiger partial charge on any atom is 0.342 e. The summed E-state index contributed by atoms with van der Waals surface area (Å²) in [5, 5.41) is 6.74. The van der Waals surface area contributed by atoms with Crippen molar-refractivity contribution in [3.8, 4) is 0 Å². The molecule has 2 heterocycles. The van der Waals surface area contributed by atoms with Gasteiger partial charge in [-0.25, -0.2) is 4.79 Å². The number of hydrogen-bond donors (Lipinski definition) is 2. The summed E-state index contributed by atoms with van der Waals surface area (Å²) in [6, 6.07) is 0. The van der Waals surface area contributed by atoms with Gasteiger partial charge in [-0.15, -0.1) is 0 Å². The van der Waals surface area contributed by atoms with Crippen LogP contribution in [0.1, 0.15) is 39.0 Å². The van der Waals surface area contributed by atoms with Gasteiger partial charge in [-0.2, -0.15) is 5.10 Å². The number of anilines is 1. The molecule has 0 unspecified atom stereocenters. The minimum absolute atomic E-state index is 0.276. The van der Waals surface area contributed by atoms with Crippen molar-refractivity contribution in [3.05, 3.63) is 34.9 Å². The topological polar surface area (TPSA) is 89.0 Å². The van der Waals surface area contributed by atoms with Crippen molar-refractivity contribution >= 4 is 17.6 Å². The lowest BCUT2D eigenvalue weighted by molar-refractivity contribution is 0.0527. The molecule has 21 heavy (non-hydrogen) atoms. The molecule has 0 aliphatic rings. The molecular weight excluding hydrogens is 272 g/mol.